The Labute approximate surface area is 133 Å². The van der Waals surface area contributed by atoms with Gasteiger partial charge in [0.2, 0.25) is 5.13 Å². The van der Waals surface area contributed by atoms with E-state index in [2.05, 4.69) is 25.3 Å². The molecule has 0 unspecified atom stereocenters. The second-order valence-electron chi connectivity index (χ2n) is 4.87. The smallest absolute Gasteiger partial charge is 0.208 e. The molecular formula is C14H17N5S2. The lowest BCUT2D eigenvalue weighted by atomic mass is 10.3. The van der Waals surface area contributed by atoms with Crippen molar-refractivity contribution in [3.63, 3.8) is 0 Å². The summed E-state index contributed by atoms with van der Waals surface area (Å²) in [6, 6.07) is 10.0. The number of aromatic nitrogens is 2. The number of hydrogen-bond donors (Lipinski definition) is 1. The molecule has 1 aliphatic rings. The molecule has 110 valence electrons. The van der Waals surface area contributed by atoms with Crippen LogP contribution >= 0.6 is 23.6 Å². The molecule has 2 heterocycles. The zero-order valence-electron chi connectivity index (χ0n) is 11.8. The van der Waals surface area contributed by atoms with Crippen LogP contribution in [0.3, 0.4) is 0 Å². The molecule has 1 aromatic carbocycles. The first-order chi connectivity index (χ1) is 10.2. The van der Waals surface area contributed by atoms with E-state index >= 15 is 0 Å². The van der Waals surface area contributed by atoms with E-state index < -0.39 is 0 Å². The van der Waals surface area contributed by atoms with E-state index in [9.17, 15) is 0 Å². The number of nitrogens with one attached hydrogen (secondary N) is 1. The number of nitrogens with zero attached hydrogens (tertiary/aromatic N) is 4. The fourth-order valence-corrected chi connectivity index (χ4v) is 3.28. The minimum Gasteiger partial charge on any atom is -0.345 e. The van der Waals surface area contributed by atoms with Crippen LogP contribution in [-0.4, -0.2) is 46.4 Å². The summed E-state index contributed by atoms with van der Waals surface area (Å²) in [6.45, 7) is 5.63. The molecule has 1 fully saturated rings. The summed E-state index contributed by atoms with van der Waals surface area (Å²) in [6.07, 6.45) is 0. The van der Waals surface area contributed by atoms with Crippen LogP contribution < -0.4 is 10.2 Å². The summed E-state index contributed by atoms with van der Waals surface area (Å²) < 4.78 is 0. The zero-order chi connectivity index (χ0) is 14.7. The molecule has 0 amide bonds. The van der Waals surface area contributed by atoms with Gasteiger partial charge in [-0.25, -0.2) is 0 Å². The maximum absolute atomic E-state index is 5.49. The minimum absolute atomic E-state index is 0.786. The van der Waals surface area contributed by atoms with E-state index in [4.69, 9.17) is 12.2 Å². The van der Waals surface area contributed by atoms with Gasteiger partial charge in [0.25, 0.3) is 0 Å². The van der Waals surface area contributed by atoms with Crippen LogP contribution in [0.25, 0.3) is 0 Å². The number of thiocarbonyl (C=S) groups is 1. The third kappa shape index (κ3) is 3.48. The molecule has 1 N–H and O–H groups in total. The van der Waals surface area contributed by atoms with Gasteiger partial charge in [-0.3, -0.25) is 0 Å². The average Bonchev–Trinajstić information content (AvgIpc) is 2.95. The average molecular weight is 319 g/mol. The van der Waals surface area contributed by atoms with Crippen molar-refractivity contribution < 1.29 is 0 Å². The molecule has 1 aliphatic heterocycles. The maximum Gasteiger partial charge on any atom is 0.208 e. The third-order valence-electron chi connectivity index (χ3n) is 3.38. The molecule has 21 heavy (non-hydrogen) atoms. The Bertz CT molecular complexity index is 605. The van der Waals surface area contributed by atoms with Gasteiger partial charge >= 0.3 is 0 Å². The Hall–Kier alpha value is -1.73. The molecule has 0 spiro atoms. The summed E-state index contributed by atoms with van der Waals surface area (Å²) in [7, 11) is 0. The van der Waals surface area contributed by atoms with Crippen molar-refractivity contribution in [1.29, 1.82) is 0 Å². The first-order valence-electron chi connectivity index (χ1n) is 6.88. The monoisotopic (exact) mass is 319 g/mol. The molecule has 3 rings (SSSR count). The van der Waals surface area contributed by atoms with E-state index in [1.165, 1.54) is 0 Å². The van der Waals surface area contributed by atoms with E-state index in [1.54, 1.807) is 11.3 Å². The summed E-state index contributed by atoms with van der Waals surface area (Å²) in [5.41, 5.74) is 1.03. The molecule has 0 atom stereocenters. The second kappa shape index (κ2) is 6.36. The molecule has 7 heteroatoms. The van der Waals surface area contributed by atoms with Gasteiger partial charge < -0.3 is 15.1 Å². The van der Waals surface area contributed by atoms with Crippen molar-refractivity contribution in [2.45, 2.75) is 6.92 Å². The maximum atomic E-state index is 5.49. The molecule has 1 saturated heterocycles. The Balaban J connectivity index is 1.54. The molecule has 2 aromatic rings. The van der Waals surface area contributed by atoms with E-state index in [-0.39, 0.29) is 0 Å². The molecule has 0 bridgehead atoms. The number of anilines is 2. The molecule has 0 saturated carbocycles. The van der Waals surface area contributed by atoms with Gasteiger partial charge in [0, 0.05) is 31.9 Å². The predicted octanol–water partition coefficient (Wildman–Crippen LogP) is 2.37. The van der Waals surface area contributed by atoms with Crippen LogP contribution in [0.4, 0.5) is 10.8 Å². The Kier molecular flexibility index (Phi) is 4.31. The highest BCUT2D eigenvalue weighted by Crippen LogP contribution is 2.21. The standard InChI is InChI=1S/C14H17N5S2/c1-11-16-17-14(21-11)19-9-7-18(8-10-19)13(20)15-12-5-3-2-4-6-12/h2-6H,7-10H2,1H3,(H,15,20). The van der Waals surface area contributed by atoms with Gasteiger partial charge in [-0.05, 0) is 31.3 Å². The van der Waals surface area contributed by atoms with Gasteiger partial charge in [-0.1, -0.05) is 29.5 Å². The quantitative estimate of drug-likeness (QED) is 0.858. The van der Waals surface area contributed by atoms with Crippen molar-refractivity contribution in [1.82, 2.24) is 15.1 Å². The van der Waals surface area contributed by atoms with Crippen molar-refractivity contribution in [2.75, 3.05) is 36.4 Å². The van der Waals surface area contributed by atoms with Gasteiger partial charge in [-0.2, -0.15) is 0 Å². The highest BCUT2D eigenvalue weighted by Gasteiger charge is 2.21. The first kappa shape index (κ1) is 14.2. The summed E-state index contributed by atoms with van der Waals surface area (Å²) in [5.74, 6) is 0. The predicted molar refractivity (Wildman–Crippen MR) is 91.1 cm³/mol. The Morgan fingerprint density at radius 3 is 2.48 bits per heavy atom. The number of rotatable bonds is 2. The third-order valence-corrected chi connectivity index (χ3v) is 4.64. The summed E-state index contributed by atoms with van der Waals surface area (Å²) in [5, 5.41) is 14.4. The number of hydrogen-bond acceptors (Lipinski definition) is 5. The van der Waals surface area contributed by atoms with Gasteiger partial charge in [0.05, 0.1) is 0 Å². The first-order valence-corrected chi connectivity index (χ1v) is 8.11. The molecule has 5 nitrogen and oxygen atoms in total. The van der Waals surface area contributed by atoms with Crippen LogP contribution in [0.2, 0.25) is 0 Å². The lowest BCUT2D eigenvalue weighted by molar-refractivity contribution is 0.390. The fraction of sp³-hybridized carbons (Fsp3) is 0.357. The zero-order valence-corrected chi connectivity index (χ0v) is 13.5. The van der Waals surface area contributed by atoms with Crippen LogP contribution in [0, 0.1) is 6.92 Å². The molecular weight excluding hydrogens is 302 g/mol. The number of aryl methyl sites for hydroxylation is 1. The highest BCUT2D eigenvalue weighted by molar-refractivity contribution is 7.80. The van der Waals surface area contributed by atoms with Crippen LogP contribution in [0.15, 0.2) is 30.3 Å². The summed E-state index contributed by atoms with van der Waals surface area (Å²) in [4.78, 5) is 4.47. The molecule has 0 radical (unpaired) electrons. The Morgan fingerprint density at radius 2 is 1.86 bits per heavy atom. The number of para-hydroxylation sites is 1. The van der Waals surface area contributed by atoms with Crippen molar-refractivity contribution in [3.8, 4) is 0 Å². The van der Waals surface area contributed by atoms with Crippen LogP contribution in [-0.2, 0) is 0 Å². The lowest BCUT2D eigenvalue weighted by Crippen LogP contribution is -2.50. The minimum atomic E-state index is 0.786. The lowest BCUT2D eigenvalue weighted by Gasteiger charge is -2.35. The van der Waals surface area contributed by atoms with Crippen molar-refractivity contribution in [2.24, 2.45) is 0 Å². The summed E-state index contributed by atoms with van der Waals surface area (Å²) >= 11 is 7.13. The van der Waals surface area contributed by atoms with E-state index in [0.29, 0.717) is 0 Å². The largest absolute Gasteiger partial charge is 0.345 e. The van der Waals surface area contributed by atoms with Crippen molar-refractivity contribution in [3.05, 3.63) is 35.3 Å². The number of benzene rings is 1. The molecule has 0 aliphatic carbocycles. The van der Waals surface area contributed by atoms with E-state index in [1.807, 2.05) is 37.3 Å². The van der Waals surface area contributed by atoms with Gasteiger partial charge in [0.1, 0.15) is 5.01 Å². The molecule has 1 aromatic heterocycles. The fourth-order valence-electron chi connectivity index (χ4n) is 2.24. The topological polar surface area (TPSA) is 44.3 Å². The highest BCUT2D eigenvalue weighted by atomic mass is 32.1. The van der Waals surface area contributed by atoms with Gasteiger partial charge in [-0.15, -0.1) is 10.2 Å². The van der Waals surface area contributed by atoms with Crippen LogP contribution in [0.1, 0.15) is 5.01 Å². The van der Waals surface area contributed by atoms with Crippen LogP contribution in [0.5, 0.6) is 0 Å². The van der Waals surface area contributed by atoms with Crippen molar-refractivity contribution >= 4 is 39.5 Å². The second-order valence-corrected chi connectivity index (χ2v) is 6.42. The normalized spacial score (nSPS) is 15.1. The van der Waals surface area contributed by atoms with Gasteiger partial charge in [0.15, 0.2) is 5.11 Å². The Morgan fingerprint density at radius 1 is 1.14 bits per heavy atom. The SMILES string of the molecule is Cc1nnc(N2CCN(C(=S)Nc3ccccc3)CC2)s1. The van der Waals surface area contributed by atoms with E-state index in [0.717, 1.165) is 47.1 Å². The number of piperazine rings is 1.